The molecule has 4 aromatic rings. The number of rotatable bonds is 5. The van der Waals surface area contributed by atoms with Crippen LogP contribution in [-0.4, -0.2) is 24.6 Å². The Balaban J connectivity index is 1.54. The zero-order valence-electron chi connectivity index (χ0n) is 21.3. The molecular formula is C29H25ClFN5O2. The van der Waals surface area contributed by atoms with Crippen LogP contribution in [0.25, 0.3) is 17.1 Å². The summed E-state index contributed by atoms with van der Waals surface area (Å²) >= 11 is 6.64. The maximum atomic E-state index is 14.5. The van der Waals surface area contributed by atoms with Crippen molar-refractivity contribution in [2.75, 3.05) is 0 Å². The van der Waals surface area contributed by atoms with E-state index in [1.807, 2.05) is 26.0 Å². The van der Waals surface area contributed by atoms with Gasteiger partial charge in [-0.15, -0.1) is 0 Å². The van der Waals surface area contributed by atoms with Crippen molar-refractivity contribution in [1.82, 2.24) is 19.5 Å². The van der Waals surface area contributed by atoms with Crippen LogP contribution in [0.5, 0.6) is 0 Å². The zero-order chi connectivity index (χ0) is 27.4. The topological polar surface area (TPSA) is 105 Å². The number of halogens is 2. The molecule has 1 unspecified atom stereocenters. The van der Waals surface area contributed by atoms with Crippen molar-refractivity contribution in [1.29, 1.82) is 5.26 Å². The highest BCUT2D eigenvalue weighted by molar-refractivity contribution is 6.31. The smallest absolute Gasteiger partial charge is 0.274 e. The Bertz CT molecular complexity index is 1690. The lowest BCUT2D eigenvalue weighted by molar-refractivity contribution is 0.0688. The summed E-state index contributed by atoms with van der Waals surface area (Å²) in [6.07, 6.45) is 3.86. The average molecular weight is 530 g/mol. The van der Waals surface area contributed by atoms with Crippen molar-refractivity contribution in [3.8, 4) is 23.1 Å². The van der Waals surface area contributed by atoms with E-state index in [0.717, 1.165) is 5.56 Å². The van der Waals surface area contributed by atoms with Crippen LogP contribution in [0.3, 0.4) is 0 Å². The van der Waals surface area contributed by atoms with Crippen molar-refractivity contribution in [2.45, 2.75) is 51.6 Å². The van der Waals surface area contributed by atoms with Crippen molar-refractivity contribution in [2.24, 2.45) is 0 Å². The summed E-state index contributed by atoms with van der Waals surface area (Å²) < 4.78 is 16.0. The normalized spacial score (nSPS) is 16.8. The minimum atomic E-state index is -1.22. The van der Waals surface area contributed by atoms with Crippen LogP contribution < -0.4 is 5.56 Å². The van der Waals surface area contributed by atoms with Gasteiger partial charge >= 0.3 is 0 Å². The first-order valence-corrected chi connectivity index (χ1v) is 12.5. The van der Waals surface area contributed by atoms with E-state index in [1.165, 1.54) is 12.1 Å². The van der Waals surface area contributed by atoms with E-state index in [4.69, 9.17) is 11.6 Å². The van der Waals surface area contributed by atoms with Gasteiger partial charge in [0.05, 0.1) is 28.7 Å². The standard InChI is InChI=1S/C29H25ClFN5O2/c1-15-14-34-24(23-7-8-33-28(35-23)29(3,4)38)12-25(15)36-16(2)9-21(26(30)27(36)37)19-11-18(19)20-10-17(13-32)5-6-22(20)31/h5-10,12,14,18-19,38H,11H2,1-4H3/t18?,19-/m1/s1. The van der Waals surface area contributed by atoms with Gasteiger partial charge in [0.15, 0.2) is 5.82 Å². The van der Waals surface area contributed by atoms with E-state index in [2.05, 4.69) is 15.0 Å². The van der Waals surface area contributed by atoms with Crippen LogP contribution in [0.4, 0.5) is 4.39 Å². The van der Waals surface area contributed by atoms with Crippen molar-refractivity contribution < 1.29 is 9.50 Å². The van der Waals surface area contributed by atoms with Gasteiger partial charge in [-0.05, 0) is 99.0 Å². The Morgan fingerprint density at radius 2 is 1.84 bits per heavy atom. The Labute approximate surface area is 224 Å². The van der Waals surface area contributed by atoms with Crippen molar-refractivity contribution >= 4 is 11.6 Å². The maximum absolute atomic E-state index is 14.5. The van der Waals surface area contributed by atoms with Crippen LogP contribution in [-0.2, 0) is 5.60 Å². The molecule has 192 valence electrons. The molecule has 38 heavy (non-hydrogen) atoms. The molecule has 0 radical (unpaired) electrons. The predicted molar refractivity (Wildman–Crippen MR) is 142 cm³/mol. The lowest BCUT2D eigenvalue weighted by atomic mass is 10.0. The fraction of sp³-hybridized carbons (Fsp3) is 0.276. The molecular weight excluding hydrogens is 505 g/mol. The fourth-order valence-electron chi connectivity index (χ4n) is 4.77. The summed E-state index contributed by atoms with van der Waals surface area (Å²) in [6, 6.07) is 11.7. The van der Waals surface area contributed by atoms with E-state index in [-0.39, 0.29) is 34.1 Å². The number of nitrogens with zero attached hydrogens (tertiary/aromatic N) is 5. The molecule has 9 heteroatoms. The number of nitriles is 1. The first-order chi connectivity index (χ1) is 18.0. The Kier molecular flexibility index (Phi) is 6.38. The van der Waals surface area contributed by atoms with Gasteiger partial charge in [-0.1, -0.05) is 11.6 Å². The maximum Gasteiger partial charge on any atom is 0.274 e. The molecule has 1 saturated carbocycles. The second-order valence-corrected chi connectivity index (χ2v) is 10.6. The number of hydrogen-bond acceptors (Lipinski definition) is 6. The lowest BCUT2D eigenvalue weighted by Gasteiger charge is -2.17. The van der Waals surface area contributed by atoms with Crippen LogP contribution in [0, 0.1) is 31.0 Å². The molecule has 0 amide bonds. The van der Waals surface area contributed by atoms with Crippen molar-refractivity contribution in [3.63, 3.8) is 0 Å². The van der Waals surface area contributed by atoms with Gasteiger partial charge in [0.2, 0.25) is 0 Å². The molecule has 2 atom stereocenters. The molecule has 1 aliphatic carbocycles. The highest BCUT2D eigenvalue weighted by Crippen LogP contribution is 2.56. The van der Waals surface area contributed by atoms with Crippen LogP contribution >= 0.6 is 11.6 Å². The van der Waals surface area contributed by atoms with Crippen molar-refractivity contribution in [3.05, 3.63) is 104 Å². The third kappa shape index (κ3) is 4.60. The number of hydrogen-bond donors (Lipinski definition) is 1. The van der Waals surface area contributed by atoms with Gasteiger partial charge in [-0.3, -0.25) is 14.3 Å². The van der Waals surface area contributed by atoms with Crippen LogP contribution in [0.15, 0.2) is 53.6 Å². The quantitative estimate of drug-likeness (QED) is 0.367. The number of benzene rings is 1. The lowest BCUT2D eigenvalue weighted by Crippen LogP contribution is -2.23. The zero-order valence-corrected chi connectivity index (χ0v) is 22.1. The molecule has 1 aliphatic rings. The summed E-state index contributed by atoms with van der Waals surface area (Å²) in [5.74, 6) is -0.361. The molecule has 0 bridgehead atoms. The molecule has 5 rings (SSSR count). The van der Waals surface area contributed by atoms with Gasteiger partial charge in [-0.25, -0.2) is 14.4 Å². The van der Waals surface area contributed by atoms with E-state index >= 15 is 0 Å². The predicted octanol–water partition coefficient (Wildman–Crippen LogP) is 5.47. The molecule has 7 nitrogen and oxygen atoms in total. The summed E-state index contributed by atoms with van der Waals surface area (Å²) in [6.45, 7) is 6.88. The average Bonchev–Trinajstić information content (AvgIpc) is 3.67. The summed E-state index contributed by atoms with van der Waals surface area (Å²) in [5, 5.41) is 19.6. The summed E-state index contributed by atoms with van der Waals surface area (Å²) in [5.41, 5.74) is 3.01. The molecule has 1 fully saturated rings. The summed E-state index contributed by atoms with van der Waals surface area (Å²) in [4.78, 5) is 26.7. The van der Waals surface area contributed by atoms with Gasteiger partial charge in [-0.2, -0.15) is 5.26 Å². The minimum absolute atomic E-state index is 0.0871. The molecule has 0 saturated heterocycles. The number of pyridine rings is 2. The second kappa shape index (κ2) is 9.43. The first-order valence-electron chi connectivity index (χ1n) is 12.1. The molecule has 1 N–H and O–H groups in total. The molecule has 3 aromatic heterocycles. The van der Waals surface area contributed by atoms with Crippen LogP contribution in [0.1, 0.15) is 65.9 Å². The van der Waals surface area contributed by atoms with Gasteiger partial charge in [0, 0.05) is 18.1 Å². The van der Waals surface area contributed by atoms with Gasteiger partial charge in [0.25, 0.3) is 5.56 Å². The largest absolute Gasteiger partial charge is 0.382 e. The van der Waals surface area contributed by atoms with E-state index in [1.54, 1.807) is 49.0 Å². The number of aromatic nitrogens is 4. The number of aliphatic hydroxyl groups is 1. The van der Waals surface area contributed by atoms with Gasteiger partial charge < -0.3 is 5.11 Å². The summed E-state index contributed by atoms with van der Waals surface area (Å²) in [7, 11) is 0. The third-order valence-electron chi connectivity index (χ3n) is 6.86. The number of aryl methyl sites for hydroxylation is 2. The van der Waals surface area contributed by atoms with E-state index in [0.29, 0.717) is 45.9 Å². The Morgan fingerprint density at radius 1 is 1.11 bits per heavy atom. The highest BCUT2D eigenvalue weighted by atomic mass is 35.5. The van der Waals surface area contributed by atoms with Gasteiger partial charge in [0.1, 0.15) is 16.4 Å². The minimum Gasteiger partial charge on any atom is -0.382 e. The van der Waals surface area contributed by atoms with Crippen LogP contribution in [0.2, 0.25) is 5.02 Å². The Morgan fingerprint density at radius 3 is 2.55 bits per heavy atom. The fourth-order valence-corrected chi connectivity index (χ4v) is 5.05. The highest BCUT2D eigenvalue weighted by Gasteiger charge is 2.43. The van der Waals surface area contributed by atoms with E-state index < -0.39 is 5.60 Å². The molecule has 0 spiro atoms. The Hall–Kier alpha value is -3.93. The van der Waals surface area contributed by atoms with E-state index in [9.17, 15) is 19.6 Å². The second-order valence-electron chi connectivity index (χ2n) is 10.2. The molecule has 0 aliphatic heterocycles. The SMILES string of the molecule is Cc1cnc(-c2ccnc(C(C)(C)O)n2)cc1-n1c(C)cc([C@@H]2CC2c2cc(C#N)ccc2F)c(Cl)c1=O. The molecule has 1 aromatic carbocycles. The molecule has 3 heterocycles. The third-order valence-corrected chi connectivity index (χ3v) is 7.24. The first kappa shape index (κ1) is 25.7. The monoisotopic (exact) mass is 529 g/mol.